The average molecular weight is 316 g/mol. The zero-order chi connectivity index (χ0) is 16.5. The highest BCUT2D eigenvalue weighted by Crippen LogP contribution is 2.28. The van der Waals surface area contributed by atoms with E-state index in [0.29, 0.717) is 12.2 Å². The van der Waals surface area contributed by atoms with E-state index in [-0.39, 0.29) is 5.91 Å². The van der Waals surface area contributed by atoms with E-state index in [2.05, 4.69) is 22.3 Å². The van der Waals surface area contributed by atoms with Gasteiger partial charge in [-0.15, -0.1) is 0 Å². The molecule has 2 rings (SSSR count). The van der Waals surface area contributed by atoms with Gasteiger partial charge in [-0.05, 0) is 18.6 Å². The van der Waals surface area contributed by atoms with Crippen LogP contribution in [0.15, 0.2) is 23.3 Å². The molecule has 0 unspecified atom stereocenters. The number of aliphatic imine (C=N–C) groups is 1. The normalized spacial score (nSPS) is 13.3. The molecule has 1 aliphatic heterocycles. The second kappa shape index (κ2) is 9.28. The van der Waals surface area contributed by atoms with Gasteiger partial charge < -0.3 is 0 Å². The Hall–Kier alpha value is -1.91. The summed E-state index contributed by atoms with van der Waals surface area (Å²) in [4.78, 5) is 21.0. The fourth-order valence-electron chi connectivity index (χ4n) is 2.70. The van der Waals surface area contributed by atoms with E-state index in [4.69, 9.17) is 0 Å². The van der Waals surface area contributed by atoms with Crippen molar-refractivity contribution in [3.05, 3.63) is 18.3 Å². The molecule has 0 spiro atoms. The molecule has 0 saturated heterocycles. The molecule has 1 amide bonds. The van der Waals surface area contributed by atoms with Gasteiger partial charge in [-0.1, -0.05) is 52.4 Å². The Labute approximate surface area is 139 Å². The highest BCUT2D eigenvalue weighted by Gasteiger charge is 2.24. The zero-order valence-electron chi connectivity index (χ0n) is 14.3. The Morgan fingerprint density at radius 3 is 2.61 bits per heavy atom. The van der Waals surface area contributed by atoms with Crippen LogP contribution in [0.25, 0.3) is 0 Å². The topological polar surface area (TPSA) is 57.6 Å². The number of amides is 1. The number of carbonyl (C=O) groups is 1. The summed E-state index contributed by atoms with van der Waals surface area (Å²) < 4.78 is 0. The number of hydrogen-bond donors (Lipinski definition) is 1. The number of unbranched alkanes of at least 4 members (excludes halogenated alkanes) is 6. The van der Waals surface area contributed by atoms with Crippen LogP contribution in [0.5, 0.6) is 0 Å². The van der Waals surface area contributed by atoms with Gasteiger partial charge in [0.25, 0.3) is 0 Å². The summed E-state index contributed by atoms with van der Waals surface area (Å²) in [6, 6.07) is 3.76. The van der Waals surface area contributed by atoms with Crippen LogP contribution >= 0.6 is 0 Å². The van der Waals surface area contributed by atoms with Crippen LogP contribution < -0.4 is 10.4 Å². The maximum absolute atomic E-state index is 12.1. The van der Waals surface area contributed by atoms with Crippen LogP contribution in [0, 0.1) is 0 Å². The highest BCUT2D eigenvalue weighted by atomic mass is 16.2. The predicted octanol–water partition coefficient (Wildman–Crippen LogP) is 4.51. The fraction of sp³-hybridized carbons (Fsp3) is 0.611. The first-order chi connectivity index (χ1) is 11.3. The smallest absolute Gasteiger partial charge is 0.246 e. The van der Waals surface area contributed by atoms with Gasteiger partial charge in [0.2, 0.25) is 5.91 Å². The summed E-state index contributed by atoms with van der Waals surface area (Å²) in [5, 5.41) is 1.54. The van der Waals surface area contributed by atoms with Crippen LogP contribution in [0.3, 0.4) is 0 Å². The summed E-state index contributed by atoms with van der Waals surface area (Å²) in [6.07, 6.45) is 11.9. The first-order valence-corrected chi connectivity index (χ1v) is 8.88. The molecule has 1 aliphatic rings. The molecule has 0 fully saturated rings. The van der Waals surface area contributed by atoms with Crippen molar-refractivity contribution in [2.45, 2.75) is 71.6 Å². The molecule has 0 aliphatic carbocycles. The molecule has 126 valence electrons. The first kappa shape index (κ1) is 17.4. The van der Waals surface area contributed by atoms with Crippen molar-refractivity contribution in [2.75, 3.05) is 5.01 Å². The minimum atomic E-state index is 0.0110. The van der Waals surface area contributed by atoms with Gasteiger partial charge in [0.05, 0.1) is 0 Å². The van der Waals surface area contributed by atoms with E-state index in [1.54, 1.807) is 11.2 Å². The summed E-state index contributed by atoms with van der Waals surface area (Å²) in [5.74, 6) is 1.47. The molecule has 5 heteroatoms. The van der Waals surface area contributed by atoms with Crippen molar-refractivity contribution in [3.8, 4) is 0 Å². The molecule has 1 aromatic heterocycles. The van der Waals surface area contributed by atoms with E-state index < -0.39 is 0 Å². The third-order valence-electron chi connectivity index (χ3n) is 4.04. The lowest BCUT2D eigenvalue weighted by Gasteiger charge is -2.28. The summed E-state index contributed by atoms with van der Waals surface area (Å²) in [5.41, 5.74) is 3.91. The molecule has 0 aromatic carbocycles. The van der Waals surface area contributed by atoms with Gasteiger partial charge in [0, 0.05) is 19.0 Å². The lowest BCUT2D eigenvalue weighted by molar-refractivity contribution is -0.118. The van der Waals surface area contributed by atoms with E-state index in [9.17, 15) is 4.79 Å². The second-order valence-electron chi connectivity index (χ2n) is 5.97. The molecule has 1 N–H and O–H groups in total. The largest absolute Gasteiger partial charge is 0.277 e. The van der Waals surface area contributed by atoms with Crippen molar-refractivity contribution in [1.82, 2.24) is 10.4 Å². The molecule has 23 heavy (non-hydrogen) atoms. The van der Waals surface area contributed by atoms with E-state index in [0.717, 1.165) is 24.4 Å². The number of carbonyl (C=O) groups excluding carboxylic acids is 1. The van der Waals surface area contributed by atoms with Gasteiger partial charge in [0.15, 0.2) is 5.82 Å². The lowest BCUT2D eigenvalue weighted by Crippen LogP contribution is -2.48. The number of pyridine rings is 1. The van der Waals surface area contributed by atoms with Crippen LogP contribution in [-0.4, -0.2) is 16.7 Å². The minimum Gasteiger partial charge on any atom is -0.277 e. The Balaban J connectivity index is 1.88. The van der Waals surface area contributed by atoms with Crippen LogP contribution in [-0.2, 0) is 4.79 Å². The maximum atomic E-state index is 12.1. The summed E-state index contributed by atoms with van der Waals surface area (Å²) in [7, 11) is 0. The van der Waals surface area contributed by atoms with Gasteiger partial charge in [-0.2, -0.15) is 0 Å². The van der Waals surface area contributed by atoms with Crippen molar-refractivity contribution < 1.29 is 4.79 Å². The van der Waals surface area contributed by atoms with Crippen molar-refractivity contribution in [2.24, 2.45) is 4.99 Å². The van der Waals surface area contributed by atoms with Gasteiger partial charge in [-0.3, -0.25) is 10.2 Å². The van der Waals surface area contributed by atoms with Crippen LogP contribution in [0.2, 0.25) is 0 Å². The standard InChI is InChI=1S/C18H28N4O/c1-3-5-6-7-8-9-10-13-16-20-15-12-11-14-19-18(15)22(21-16)17(23)4-2/h11-12,14H,3-10,13H2,1-2H3,(H,20,21). The number of amidine groups is 1. The van der Waals surface area contributed by atoms with Crippen molar-refractivity contribution in [1.29, 1.82) is 0 Å². The quantitative estimate of drug-likeness (QED) is 0.682. The molecular weight excluding hydrogens is 288 g/mol. The molecule has 0 atom stereocenters. The number of anilines is 1. The average Bonchev–Trinajstić information content (AvgIpc) is 2.59. The molecular formula is C18H28N4O. The summed E-state index contributed by atoms with van der Waals surface area (Å²) >= 11 is 0. The third kappa shape index (κ3) is 5.05. The molecule has 0 bridgehead atoms. The number of nitrogens with zero attached hydrogens (tertiary/aromatic N) is 3. The Kier molecular flexibility index (Phi) is 7.04. The van der Waals surface area contributed by atoms with Gasteiger partial charge in [-0.25, -0.2) is 15.0 Å². The molecule has 2 heterocycles. The Bertz CT molecular complexity index is 542. The highest BCUT2D eigenvalue weighted by molar-refractivity contribution is 6.02. The Morgan fingerprint density at radius 2 is 1.87 bits per heavy atom. The van der Waals surface area contributed by atoms with E-state index in [1.165, 1.54) is 38.5 Å². The van der Waals surface area contributed by atoms with Crippen molar-refractivity contribution >= 4 is 23.2 Å². The zero-order valence-corrected chi connectivity index (χ0v) is 14.3. The number of hydrazine groups is 1. The van der Waals surface area contributed by atoms with Gasteiger partial charge in [0.1, 0.15) is 11.5 Å². The minimum absolute atomic E-state index is 0.0110. The van der Waals surface area contributed by atoms with Crippen LogP contribution in [0.4, 0.5) is 11.5 Å². The first-order valence-electron chi connectivity index (χ1n) is 8.88. The molecule has 0 radical (unpaired) electrons. The molecule has 5 nitrogen and oxygen atoms in total. The number of fused-ring (bicyclic) bond motifs is 1. The van der Waals surface area contributed by atoms with E-state index >= 15 is 0 Å². The molecule has 0 saturated carbocycles. The number of nitrogens with one attached hydrogen (secondary N) is 1. The lowest BCUT2D eigenvalue weighted by atomic mass is 10.1. The fourth-order valence-corrected chi connectivity index (χ4v) is 2.70. The van der Waals surface area contributed by atoms with E-state index in [1.807, 2.05) is 19.1 Å². The predicted molar refractivity (Wildman–Crippen MR) is 94.9 cm³/mol. The maximum Gasteiger partial charge on any atom is 0.246 e. The SMILES string of the molecule is CCCCCCCCCC1=Nc2cccnc2N(C(=O)CC)N1. The Morgan fingerprint density at radius 1 is 1.13 bits per heavy atom. The molecule has 1 aromatic rings. The van der Waals surface area contributed by atoms with Gasteiger partial charge >= 0.3 is 0 Å². The van der Waals surface area contributed by atoms with Crippen LogP contribution in [0.1, 0.15) is 71.6 Å². The second-order valence-corrected chi connectivity index (χ2v) is 5.97. The third-order valence-corrected chi connectivity index (χ3v) is 4.04. The number of hydrogen-bond acceptors (Lipinski definition) is 4. The summed E-state index contributed by atoms with van der Waals surface area (Å²) in [6.45, 7) is 4.09. The van der Waals surface area contributed by atoms with Crippen molar-refractivity contribution in [3.63, 3.8) is 0 Å². The number of rotatable bonds is 9. The number of aromatic nitrogens is 1. The monoisotopic (exact) mass is 316 g/mol.